The van der Waals surface area contributed by atoms with Crippen molar-refractivity contribution in [3.8, 4) is 5.75 Å². The van der Waals surface area contributed by atoms with Gasteiger partial charge in [-0.15, -0.1) is 0 Å². The highest BCUT2D eigenvalue weighted by Gasteiger charge is 2.41. The zero-order valence-electron chi connectivity index (χ0n) is 20.7. The number of aromatic nitrogens is 3. The molecular weight excluding hydrogens is 450 g/mol. The predicted octanol–water partition coefficient (Wildman–Crippen LogP) is 6.47. The molecule has 0 saturated heterocycles. The molecule has 6 nitrogen and oxygen atoms in total. The van der Waals surface area contributed by atoms with Crippen LogP contribution in [-0.2, 0) is 4.79 Å². The molecule has 34 heavy (non-hydrogen) atoms. The summed E-state index contributed by atoms with van der Waals surface area (Å²) in [6.45, 7) is 10.5. The fraction of sp³-hybridized carbons (Fsp3) is 0.519. The number of para-hydroxylation sites is 1. The van der Waals surface area contributed by atoms with Gasteiger partial charge in [0.2, 0.25) is 0 Å². The van der Waals surface area contributed by atoms with Gasteiger partial charge in [0.05, 0.1) is 12.1 Å². The number of benzene rings is 2. The molecule has 0 aliphatic heterocycles. The number of aliphatic hydroxyl groups is 1. The second-order valence-corrected chi connectivity index (χ2v) is 10.5. The van der Waals surface area contributed by atoms with Gasteiger partial charge in [-0.25, -0.2) is 0 Å². The Balaban J connectivity index is 1.88. The lowest BCUT2D eigenvalue weighted by molar-refractivity contribution is -0.138. The molecule has 7 heteroatoms. The van der Waals surface area contributed by atoms with Gasteiger partial charge in [0.25, 0.3) is 0 Å². The topological polar surface area (TPSA) is 77.2 Å². The molecule has 0 bridgehead atoms. The van der Waals surface area contributed by atoms with Crippen molar-refractivity contribution in [1.29, 1.82) is 0 Å². The first-order valence-corrected chi connectivity index (χ1v) is 12.5. The van der Waals surface area contributed by atoms with E-state index in [1.165, 1.54) is 0 Å². The van der Waals surface area contributed by atoms with Crippen LogP contribution in [0.15, 0.2) is 48.5 Å². The summed E-state index contributed by atoms with van der Waals surface area (Å²) < 4.78 is 5.61. The number of fused-ring (bicyclic) bond motifs is 1. The number of ether oxygens (including phenoxy) is 1. The first-order chi connectivity index (χ1) is 16.1. The first kappa shape index (κ1) is 26.2. The van der Waals surface area contributed by atoms with E-state index in [-0.39, 0.29) is 35.7 Å². The van der Waals surface area contributed by atoms with Crippen LogP contribution >= 0.6 is 11.6 Å². The van der Waals surface area contributed by atoms with Crippen LogP contribution in [0.3, 0.4) is 0 Å². The predicted molar refractivity (Wildman–Crippen MR) is 136 cm³/mol. The van der Waals surface area contributed by atoms with Crippen LogP contribution in [0.2, 0.25) is 5.02 Å². The van der Waals surface area contributed by atoms with Gasteiger partial charge in [-0.1, -0.05) is 70.8 Å². The molecule has 0 spiro atoms. The number of carbonyl (C=O) groups excluding carboxylic acids is 1. The smallest absolute Gasteiger partial charge is 0.311 e. The van der Waals surface area contributed by atoms with Crippen molar-refractivity contribution >= 4 is 28.6 Å². The quantitative estimate of drug-likeness (QED) is 0.263. The number of carbonyl (C=O) groups is 1. The molecule has 0 amide bonds. The Kier molecular flexibility index (Phi) is 8.72. The molecule has 4 atom stereocenters. The van der Waals surface area contributed by atoms with E-state index in [0.717, 1.165) is 18.4 Å². The average Bonchev–Trinajstić information content (AvgIpc) is 3.19. The largest absolute Gasteiger partial charge is 0.427 e. The van der Waals surface area contributed by atoms with E-state index >= 15 is 0 Å². The lowest BCUT2D eigenvalue weighted by Gasteiger charge is -2.41. The summed E-state index contributed by atoms with van der Waals surface area (Å²) in [5.41, 5.74) is 1.22. The Morgan fingerprint density at radius 1 is 1.09 bits per heavy atom. The molecule has 0 radical (unpaired) electrons. The number of nitrogens with zero attached hydrogens (tertiary/aromatic N) is 3. The number of halogens is 1. The summed E-state index contributed by atoms with van der Waals surface area (Å²) in [7, 11) is 0. The summed E-state index contributed by atoms with van der Waals surface area (Å²) >= 11 is 6.12. The van der Waals surface area contributed by atoms with E-state index in [1.54, 1.807) is 29.1 Å². The number of hydrogen-bond donors (Lipinski definition) is 1. The standard InChI is InChI=1S/C27H36ClN3O3/c1-6-11-20(21(27(3,4)5)17-25(32)34-19-12-9-8-10-13-19)26(33)24(7-2)31-29-22-15-14-18(28)16-23(22)30-31/h8-10,12-16,20-21,24,26,33H,6-7,11,17H2,1-5H3. The fourth-order valence-corrected chi connectivity index (χ4v) is 4.93. The zero-order chi connectivity index (χ0) is 24.9. The van der Waals surface area contributed by atoms with Crippen molar-refractivity contribution in [3.05, 3.63) is 53.6 Å². The van der Waals surface area contributed by atoms with Crippen molar-refractivity contribution in [2.45, 2.75) is 72.4 Å². The SMILES string of the molecule is CCCC(C(O)C(CC)n1nc2ccc(Cl)cc2n1)C(CC(=O)Oc1ccccc1)C(C)(C)C. The van der Waals surface area contributed by atoms with Gasteiger partial charge in [0, 0.05) is 11.4 Å². The molecule has 2 aromatic carbocycles. The molecule has 1 N–H and O–H groups in total. The number of rotatable bonds is 10. The minimum atomic E-state index is -0.726. The molecule has 0 aliphatic rings. The van der Waals surface area contributed by atoms with Crippen molar-refractivity contribution in [1.82, 2.24) is 15.0 Å². The molecule has 3 aromatic rings. The highest BCUT2D eigenvalue weighted by atomic mass is 35.5. The van der Waals surface area contributed by atoms with Crippen molar-refractivity contribution in [2.75, 3.05) is 0 Å². The lowest BCUT2D eigenvalue weighted by atomic mass is 9.67. The lowest BCUT2D eigenvalue weighted by Crippen LogP contribution is -2.42. The summed E-state index contributed by atoms with van der Waals surface area (Å²) in [6, 6.07) is 14.2. The molecule has 4 unspecified atom stereocenters. The Bertz CT molecular complexity index is 1080. The van der Waals surface area contributed by atoms with Crippen LogP contribution in [-0.4, -0.2) is 32.2 Å². The second-order valence-electron chi connectivity index (χ2n) is 10.0. The van der Waals surface area contributed by atoms with Gasteiger partial charge < -0.3 is 9.84 Å². The average molecular weight is 486 g/mol. The maximum atomic E-state index is 12.9. The van der Waals surface area contributed by atoms with Crippen LogP contribution in [0.25, 0.3) is 11.0 Å². The van der Waals surface area contributed by atoms with Gasteiger partial charge in [-0.3, -0.25) is 4.79 Å². The molecule has 0 fully saturated rings. The third-order valence-corrected chi connectivity index (χ3v) is 6.75. The highest BCUT2D eigenvalue weighted by Crippen LogP contribution is 2.42. The maximum absolute atomic E-state index is 12.9. The van der Waals surface area contributed by atoms with Gasteiger partial charge >= 0.3 is 5.97 Å². The third-order valence-electron chi connectivity index (χ3n) is 6.52. The molecule has 3 rings (SSSR count). The van der Waals surface area contributed by atoms with E-state index < -0.39 is 6.10 Å². The van der Waals surface area contributed by atoms with Crippen LogP contribution in [0.5, 0.6) is 5.75 Å². The Hall–Kier alpha value is -2.44. The van der Waals surface area contributed by atoms with Crippen LogP contribution in [0, 0.1) is 17.3 Å². The summed E-state index contributed by atoms with van der Waals surface area (Å²) in [5.74, 6) is 0.0263. The second kappa shape index (κ2) is 11.3. The number of aliphatic hydroxyl groups excluding tert-OH is 1. The summed E-state index contributed by atoms with van der Waals surface area (Å²) in [4.78, 5) is 14.5. The normalized spacial score (nSPS) is 15.6. The molecule has 1 heterocycles. The van der Waals surface area contributed by atoms with E-state index in [2.05, 4.69) is 37.9 Å². The van der Waals surface area contributed by atoms with E-state index in [9.17, 15) is 9.90 Å². The minimum absolute atomic E-state index is 0.0906. The number of hydrogen-bond acceptors (Lipinski definition) is 5. The molecule has 0 saturated carbocycles. The van der Waals surface area contributed by atoms with Crippen molar-refractivity contribution in [3.63, 3.8) is 0 Å². The van der Waals surface area contributed by atoms with Crippen LogP contribution in [0.1, 0.15) is 66.3 Å². The van der Waals surface area contributed by atoms with Gasteiger partial charge in [-0.05, 0) is 60.4 Å². The molecule has 1 aromatic heterocycles. The Morgan fingerprint density at radius 3 is 2.38 bits per heavy atom. The van der Waals surface area contributed by atoms with E-state index in [4.69, 9.17) is 16.3 Å². The van der Waals surface area contributed by atoms with Gasteiger partial charge in [-0.2, -0.15) is 15.0 Å². The van der Waals surface area contributed by atoms with Crippen molar-refractivity contribution < 1.29 is 14.6 Å². The van der Waals surface area contributed by atoms with E-state index in [0.29, 0.717) is 22.7 Å². The van der Waals surface area contributed by atoms with Gasteiger partial charge in [0.1, 0.15) is 16.8 Å². The van der Waals surface area contributed by atoms with Crippen LogP contribution in [0.4, 0.5) is 0 Å². The summed E-state index contributed by atoms with van der Waals surface area (Å²) in [5, 5.41) is 21.5. The highest BCUT2D eigenvalue weighted by molar-refractivity contribution is 6.31. The first-order valence-electron chi connectivity index (χ1n) is 12.1. The third kappa shape index (κ3) is 6.36. The zero-order valence-corrected chi connectivity index (χ0v) is 21.5. The molecule has 0 aliphatic carbocycles. The molecular formula is C27H36ClN3O3. The molecule has 184 valence electrons. The number of esters is 1. The monoisotopic (exact) mass is 485 g/mol. The van der Waals surface area contributed by atoms with Gasteiger partial charge in [0.15, 0.2) is 0 Å². The van der Waals surface area contributed by atoms with Crippen molar-refractivity contribution in [2.24, 2.45) is 17.3 Å². The maximum Gasteiger partial charge on any atom is 0.311 e. The Morgan fingerprint density at radius 2 is 1.76 bits per heavy atom. The Labute approximate surface area is 207 Å². The summed E-state index contributed by atoms with van der Waals surface area (Å²) in [6.07, 6.45) is 1.83. The van der Waals surface area contributed by atoms with E-state index in [1.807, 2.05) is 31.2 Å². The fourth-order valence-electron chi connectivity index (χ4n) is 4.76. The van der Waals surface area contributed by atoms with Crippen LogP contribution < -0.4 is 4.74 Å². The minimum Gasteiger partial charge on any atom is -0.427 e.